The Hall–Kier alpha value is -2.49. The second-order valence-electron chi connectivity index (χ2n) is 7.15. The predicted octanol–water partition coefficient (Wildman–Crippen LogP) is 2.80. The van der Waals surface area contributed by atoms with Gasteiger partial charge in [0.15, 0.2) is 11.5 Å². The summed E-state index contributed by atoms with van der Waals surface area (Å²) in [6, 6.07) is 5.92. The molecule has 0 atom stereocenters. The van der Waals surface area contributed by atoms with Crippen molar-refractivity contribution in [3.05, 3.63) is 47.2 Å². The monoisotopic (exact) mass is 452 g/mol. The quantitative estimate of drug-likeness (QED) is 0.630. The lowest BCUT2D eigenvalue weighted by Gasteiger charge is -2.23. The van der Waals surface area contributed by atoms with Crippen molar-refractivity contribution in [3.8, 4) is 5.82 Å². The number of anilines is 1. The van der Waals surface area contributed by atoms with Gasteiger partial charge in [-0.1, -0.05) is 5.21 Å². The fraction of sp³-hybridized carbons (Fsp3) is 0.421. The van der Waals surface area contributed by atoms with Gasteiger partial charge in [0.1, 0.15) is 0 Å². The highest BCUT2D eigenvalue weighted by Crippen LogP contribution is 2.21. The van der Waals surface area contributed by atoms with E-state index in [2.05, 4.69) is 31.0 Å². The fourth-order valence-electron chi connectivity index (χ4n) is 3.59. The molecule has 0 bridgehead atoms. The van der Waals surface area contributed by atoms with E-state index in [1.54, 1.807) is 10.9 Å². The van der Waals surface area contributed by atoms with E-state index in [-0.39, 0.29) is 36.8 Å². The molecule has 4 heterocycles. The first kappa shape index (κ1) is 23.8. The molecule has 1 aliphatic heterocycles. The molecule has 4 rings (SSSR count). The molecule has 1 fully saturated rings. The first-order valence-corrected chi connectivity index (χ1v) is 9.46. The van der Waals surface area contributed by atoms with Crippen LogP contribution in [0.25, 0.3) is 5.82 Å². The molecular formula is C19H26Cl2N8O. The van der Waals surface area contributed by atoms with Crippen molar-refractivity contribution in [2.24, 2.45) is 0 Å². The van der Waals surface area contributed by atoms with Crippen LogP contribution in [-0.4, -0.2) is 48.8 Å². The Kier molecular flexibility index (Phi) is 7.94. The SMILES string of the molecule is Cc1cc(C)n(-c2ccc(NC(=O)c3nnn(C4CCNCC4)c3C)cn2)n1.Cl.Cl. The maximum atomic E-state index is 12.7. The van der Waals surface area contributed by atoms with Crippen LogP contribution in [0.2, 0.25) is 0 Å². The van der Waals surface area contributed by atoms with Crippen LogP contribution >= 0.6 is 24.8 Å². The van der Waals surface area contributed by atoms with Crippen LogP contribution in [0, 0.1) is 20.8 Å². The lowest BCUT2D eigenvalue weighted by Crippen LogP contribution is -2.30. The van der Waals surface area contributed by atoms with Gasteiger partial charge in [-0.15, -0.1) is 29.9 Å². The zero-order valence-corrected chi connectivity index (χ0v) is 18.8. The molecule has 11 heteroatoms. The number of amides is 1. The van der Waals surface area contributed by atoms with Gasteiger partial charge in [-0.2, -0.15) is 5.10 Å². The number of aromatic nitrogens is 6. The van der Waals surface area contributed by atoms with Crippen molar-refractivity contribution in [2.75, 3.05) is 18.4 Å². The van der Waals surface area contributed by atoms with Crippen LogP contribution < -0.4 is 10.6 Å². The molecule has 0 aromatic carbocycles. The number of aryl methyl sites for hydroxylation is 2. The van der Waals surface area contributed by atoms with Gasteiger partial charge >= 0.3 is 0 Å². The van der Waals surface area contributed by atoms with Crippen molar-refractivity contribution >= 4 is 36.4 Å². The minimum Gasteiger partial charge on any atom is -0.319 e. The molecule has 0 spiro atoms. The van der Waals surface area contributed by atoms with Gasteiger partial charge in [0.25, 0.3) is 5.91 Å². The third-order valence-electron chi connectivity index (χ3n) is 5.03. The first-order valence-electron chi connectivity index (χ1n) is 9.46. The summed E-state index contributed by atoms with van der Waals surface area (Å²) in [4.78, 5) is 17.1. The third kappa shape index (κ3) is 4.80. The summed E-state index contributed by atoms with van der Waals surface area (Å²) in [6.07, 6.45) is 3.60. The van der Waals surface area contributed by atoms with E-state index in [0.29, 0.717) is 17.2 Å². The number of hydrogen-bond acceptors (Lipinski definition) is 6. The van der Waals surface area contributed by atoms with Crippen LogP contribution in [0.3, 0.4) is 0 Å². The maximum Gasteiger partial charge on any atom is 0.278 e. The molecular weight excluding hydrogens is 427 g/mol. The van der Waals surface area contributed by atoms with E-state index >= 15 is 0 Å². The molecule has 0 aliphatic carbocycles. The van der Waals surface area contributed by atoms with Gasteiger partial charge in [-0.3, -0.25) is 4.79 Å². The standard InChI is InChI=1S/C19H24N8O.2ClH/c1-12-10-13(2)26(24-12)17-5-4-15(11-21-17)22-19(28)18-14(3)27(25-23-18)16-6-8-20-9-7-16;;/h4-5,10-11,16,20H,6-9H2,1-3H3,(H,22,28);2*1H. The molecule has 0 saturated carbocycles. The number of piperidine rings is 1. The molecule has 1 saturated heterocycles. The highest BCUT2D eigenvalue weighted by Gasteiger charge is 2.23. The Morgan fingerprint density at radius 3 is 2.50 bits per heavy atom. The maximum absolute atomic E-state index is 12.7. The summed E-state index contributed by atoms with van der Waals surface area (Å²) in [5.74, 6) is 0.426. The van der Waals surface area contributed by atoms with Crippen molar-refractivity contribution in [3.63, 3.8) is 0 Å². The van der Waals surface area contributed by atoms with Crippen molar-refractivity contribution in [2.45, 2.75) is 39.7 Å². The van der Waals surface area contributed by atoms with E-state index in [0.717, 1.165) is 43.0 Å². The molecule has 1 amide bonds. The summed E-state index contributed by atoms with van der Waals surface area (Å²) < 4.78 is 3.65. The van der Waals surface area contributed by atoms with Crippen molar-refractivity contribution in [1.82, 2.24) is 35.1 Å². The molecule has 1 aliphatic rings. The van der Waals surface area contributed by atoms with Crippen LogP contribution in [0.15, 0.2) is 24.4 Å². The minimum absolute atomic E-state index is 0. The Morgan fingerprint density at radius 1 is 1.17 bits per heavy atom. The summed E-state index contributed by atoms with van der Waals surface area (Å²) in [5, 5.41) is 18.9. The Labute approximate surface area is 187 Å². The topological polar surface area (TPSA) is 103 Å². The first-order chi connectivity index (χ1) is 13.5. The second kappa shape index (κ2) is 10.0. The molecule has 0 radical (unpaired) electrons. The van der Waals surface area contributed by atoms with Crippen molar-refractivity contribution in [1.29, 1.82) is 0 Å². The number of pyridine rings is 1. The Bertz CT molecular complexity index is 993. The highest BCUT2D eigenvalue weighted by atomic mass is 35.5. The minimum atomic E-state index is -0.279. The van der Waals surface area contributed by atoms with Crippen LogP contribution in [-0.2, 0) is 0 Å². The fourth-order valence-corrected chi connectivity index (χ4v) is 3.59. The van der Waals surface area contributed by atoms with Gasteiger partial charge in [-0.25, -0.2) is 14.3 Å². The van der Waals surface area contributed by atoms with Crippen LogP contribution in [0.5, 0.6) is 0 Å². The number of rotatable bonds is 4. The molecule has 3 aromatic rings. The number of halogens is 2. The van der Waals surface area contributed by atoms with Gasteiger partial charge in [0.05, 0.1) is 29.3 Å². The van der Waals surface area contributed by atoms with Crippen molar-refractivity contribution < 1.29 is 4.79 Å². The Morgan fingerprint density at radius 2 is 1.90 bits per heavy atom. The van der Waals surface area contributed by atoms with Crippen LogP contribution in [0.1, 0.15) is 46.5 Å². The molecule has 3 aromatic heterocycles. The summed E-state index contributed by atoms with van der Waals surface area (Å²) in [5.41, 5.74) is 3.68. The number of nitrogens with zero attached hydrogens (tertiary/aromatic N) is 6. The van der Waals surface area contributed by atoms with Crippen LogP contribution in [0.4, 0.5) is 5.69 Å². The lowest BCUT2D eigenvalue weighted by molar-refractivity contribution is 0.102. The molecule has 0 unspecified atom stereocenters. The van der Waals surface area contributed by atoms with E-state index < -0.39 is 0 Å². The largest absolute Gasteiger partial charge is 0.319 e. The molecule has 162 valence electrons. The molecule has 30 heavy (non-hydrogen) atoms. The molecule has 2 N–H and O–H groups in total. The lowest BCUT2D eigenvalue weighted by atomic mass is 10.1. The number of hydrogen-bond donors (Lipinski definition) is 2. The smallest absolute Gasteiger partial charge is 0.278 e. The van der Waals surface area contributed by atoms with E-state index in [4.69, 9.17) is 0 Å². The van der Waals surface area contributed by atoms with Gasteiger partial charge in [0, 0.05) is 5.69 Å². The Balaban J connectivity index is 0.00000160. The summed E-state index contributed by atoms with van der Waals surface area (Å²) in [7, 11) is 0. The zero-order chi connectivity index (χ0) is 19.7. The van der Waals surface area contributed by atoms with Gasteiger partial charge in [-0.05, 0) is 64.9 Å². The van der Waals surface area contributed by atoms with E-state index in [9.17, 15) is 4.79 Å². The zero-order valence-electron chi connectivity index (χ0n) is 17.1. The normalized spacial score (nSPS) is 14.0. The van der Waals surface area contributed by atoms with E-state index in [1.165, 1.54) is 0 Å². The average Bonchev–Trinajstić information content (AvgIpc) is 3.24. The second-order valence-corrected chi connectivity index (χ2v) is 7.15. The average molecular weight is 453 g/mol. The highest BCUT2D eigenvalue weighted by molar-refractivity contribution is 6.03. The number of carbonyl (C=O) groups is 1. The number of carbonyl (C=O) groups excluding carboxylic acids is 1. The third-order valence-corrected chi connectivity index (χ3v) is 5.03. The number of nitrogens with one attached hydrogen (secondary N) is 2. The van der Waals surface area contributed by atoms with E-state index in [1.807, 2.05) is 43.7 Å². The summed E-state index contributed by atoms with van der Waals surface area (Å²) >= 11 is 0. The molecule has 9 nitrogen and oxygen atoms in total. The van der Waals surface area contributed by atoms with Gasteiger partial charge < -0.3 is 10.6 Å². The predicted molar refractivity (Wildman–Crippen MR) is 119 cm³/mol. The summed E-state index contributed by atoms with van der Waals surface area (Å²) in [6.45, 7) is 7.72. The van der Waals surface area contributed by atoms with Gasteiger partial charge in [0.2, 0.25) is 0 Å².